The lowest BCUT2D eigenvalue weighted by Gasteiger charge is -1.99. The van der Waals surface area contributed by atoms with Crippen molar-refractivity contribution in [1.82, 2.24) is 5.43 Å². The van der Waals surface area contributed by atoms with Crippen LogP contribution in [0, 0.1) is 0 Å². The zero-order chi connectivity index (χ0) is 13.8. The molecule has 0 aliphatic heterocycles. The summed E-state index contributed by atoms with van der Waals surface area (Å²) in [4.78, 5) is 11.7. The fraction of sp³-hybridized carbons (Fsp3) is 0. The second-order valence-electron chi connectivity index (χ2n) is 3.48. The molecule has 98 valence electrons. The van der Waals surface area contributed by atoms with Crippen LogP contribution < -0.4 is 5.43 Å². The highest BCUT2D eigenvalue weighted by Crippen LogP contribution is 2.25. The van der Waals surface area contributed by atoms with Gasteiger partial charge in [-0.25, -0.2) is 5.43 Å². The van der Waals surface area contributed by atoms with Crippen molar-refractivity contribution in [3.05, 3.63) is 55.8 Å². The number of carbonyl (C=O) groups is 1. The number of furan rings is 1. The van der Waals surface area contributed by atoms with Gasteiger partial charge in [-0.05, 0) is 50.1 Å². The summed E-state index contributed by atoms with van der Waals surface area (Å²) in [6.07, 6.45) is 1.40. The van der Waals surface area contributed by atoms with Crippen LogP contribution in [-0.2, 0) is 0 Å². The van der Waals surface area contributed by atoms with Gasteiger partial charge in [0.25, 0.3) is 5.91 Å². The standard InChI is InChI=1S/C12H7Br2ClN2O2/c13-10-5-9(19-11(10)14)6-16-17-12(18)7-2-1-3-8(15)4-7/h1-6H,(H,17,18)/b16-6-. The minimum atomic E-state index is -0.344. The molecule has 0 aliphatic carbocycles. The summed E-state index contributed by atoms with van der Waals surface area (Å²) >= 11 is 12.3. The summed E-state index contributed by atoms with van der Waals surface area (Å²) in [5, 5.41) is 4.29. The quantitative estimate of drug-likeness (QED) is 0.613. The molecule has 4 nitrogen and oxygen atoms in total. The Morgan fingerprint density at radius 3 is 2.79 bits per heavy atom. The van der Waals surface area contributed by atoms with Gasteiger partial charge < -0.3 is 4.42 Å². The zero-order valence-corrected chi connectivity index (χ0v) is 13.3. The van der Waals surface area contributed by atoms with Crippen molar-refractivity contribution in [2.45, 2.75) is 0 Å². The number of benzene rings is 1. The molecular weight excluding hydrogens is 399 g/mol. The van der Waals surface area contributed by atoms with Crippen LogP contribution in [0.15, 0.2) is 49.0 Å². The molecule has 19 heavy (non-hydrogen) atoms. The van der Waals surface area contributed by atoms with Gasteiger partial charge in [-0.1, -0.05) is 17.7 Å². The van der Waals surface area contributed by atoms with Crippen molar-refractivity contribution in [3.8, 4) is 0 Å². The molecule has 2 rings (SSSR count). The van der Waals surface area contributed by atoms with E-state index in [-0.39, 0.29) is 5.91 Å². The van der Waals surface area contributed by atoms with E-state index in [9.17, 15) is 4.79 Å². The third-order valence-corrected chi connectivity index (χ3v) is 4.05. The molecule has 1 N–H and O–H groups in total. The van der Waals surface area contributed by atoms with Gasteiger partial charge in [-0.3, -0.25) is 4.79 Å². The molecule has 0 spiro atoms. The Bertz CT molecular complexity index is 621. The average molecular weight is 406 g/mol. The Balaban J connectivity index is 2.00. The first-order valence-electron chi connectivity index (χ1n) is 5.10. The van der Waals surface area contributed by atoms with Crippen LogP contribution >= 0.6 is 43.5 Å². The first-order chi connectivity index (χ1) is 9.06. The Hall–Kier alpha value is -1.11. The first-order valence-corrected chi connectivity index (χ1v) is 7.06. The molecule has 0 atom stereocenters. The van der Waals surface area contributed by atoms with E-state index in [0.29, 0.717) is 21.0 Å². The number of hydrogen-bond acceptors (Lipinski definition) is 3. The lowest BCUT2D eigenvalue weighted by atomic mass is 10.2. The topological polar surface area (TPSA) is 54.6 Å². The molecule has 1 aromatic heterocycles. The third-order valence-electron chi connectivity index (χ3n) is 2.11. The molecule has 1 heterocycles. The number of carbonyl (C=O) groups excluding carboxylic acids is 1. The Morgan fingerprint density at radius 2 is 2.16 bits per heavy atom. The highest BCUT2D eigenvalue weighted by atomic mass is 79.9. The van der Waals surface area contributed by atoms with E-state index in [4.69, 9.17) is 16.0 Å². The fourth-order valence-corrected chi connectivity index (χ4v) is 2.07. The summed E-state index contributed by atoms with van der Waals surface area (Å²) in [6.45, 7) is 0. The molecule has 0 fully saturated rings. The van der Waals surface area contributed by atoms with Crippen molar-refractivity contribution in [2.24, 2.45) is 5.10 Å². The van der Waals surface area contributed by atoms with Crippen molar-refractivity contribution in [2.75, 3.05) is 0 Å². The number of nitrogens with one attached hydrogen (secondary N) is 1. The van der Waals surface area contributed by atoms with E-state index >= 15 is 0 Å². The van der Waals surface area contributed by atoms with Crippen molar-refractivity contribution in [1.29, 1.82) is 0 Å². The van der Waals surface area contributed by atoms with Crippen molar-refractivity contribution < 1.29 is 9.21 Å². The molecule has 0 bridgehead atoms. The molecule has 1 amide bonds. The number of rotatable bonds is 3. The summed E-state index contributed by atoms with van der Waals surface area (Å²) < 4.78 is 6.61. The number of halogens is 3. The predicted octanol–water partition coefficient (Wildman–Crippen LogP) is 4.22. The smallest absolute Gasteiger partial charge is 0.271 e. The monoisotopic (exact) mass is 404 g/mol. The number of hydrogen-bond donors (Lipinski definition) is 1. The third kappa shape index (κ3) is 3.92. The number of nitrogens with zero attached hydrogens (tertiary/aromatic N) is 1. The lowest BCUT2D eigenvalue weighted by molar-refractivity contribution is 0.0955. The lowest BCUT2D eigenvalue weighted by Crippen LogP contribution is -2.17. The van der Waals surface area contributed by atoms with E-state index in [2.05, 4.69) is 42.4 Å². The van der Waals surface area contributed by atoms with Gasteiger partial charge in [0, 0.05) is 16.7 Å². The van der Waals surface area contributed by atoms with Gasteiger partial charge in [0.15, 0.2) is 4.67 Å². The van der Waals surface area contributed by atoms with E-state index < -0.39 is 0 Å². The normalized spacial score (nSPS) is 10.9. The Labute approximate surface area is 131 Å². The van der Waals surface area contributed by atoms with Crippen LogP contribution in [0.2, 0.25) is 5.02 Å². The summed E-state index contributed by atoms with van der Waals surface area (Å²) in [7, 11) is 0. The first kappa shape index (κ1) is 14.3. The minimum Gasteiger partial charge on any atom is -0.447 e. The summed E-state index contributed by atoms with van der Waals surface area (Å²) in [5.74, 6) is 0.161. The maximum absolute atomic E-state index is 11.7. The van der Waals surface area contributed by atoms with E-state index in [1.54, 1.807) is 30.3 Å². The van der Waals surface area contributed by atoms with Crippen LogP contribution in [-0.4, -0.2) is 12.1 Å². The Morgan fingerprint density at radius 1 is 1.37 bits per heavy atom. The van der Waals surface area contributed by atoms with E-state index in [1.165, 1.54) is 6.21 Å². The maximum Gasteiger partial charge on any atom is 0.271 e. The molecule has 0 saturated heterocycles. The molecule has 0 saturated carbocycles. The van der Waals surface area contributed by atoms with Gasteiger partial charge >= 0.3 is 0 Å². The van der Waals surface area contributed by atoms with Gasteiger partial charge in [0.05, 0.1) is 10.7 Å². The van der Waals surface area contributed by atoms with Crippen molar-refractivity contribution >= 4 is 55.6 Å². The van der Waals surface area contributed by atoms with Crippen LogP contribution in [0.3, 0.4) is 0 Å². The van der Waals surface area contributed by atoms with Crippen LogP contribution in [0.1, 0.15) is 16.1 Å². The van der Waals surface area contributed by atoms with Gasteiger partial charge in [-0.15, -0.1) is 0 Å². The molecule has 7 heteroatoms. The molecule has 2 aromatic rings. The molecule has 0 radical (unpaired) electrons. The largest absolute Gasteiger partial charge is 0.447 e. The highest BCUT2D eigenvalue weighted by molar-refractivity contribution is 9.13. The van der Waals surface area contributed by atoms with Gasteiger partial charge in [0.2, 0.25) is 0 Å². The van der Waals surface area contributed by atoms with E-state index in [1.807, 2.05) is 0 Å². The van der Waals surface area contributed by atoms with E-state index in [0.717, 1.165) is 4.47 Å². The van der Waals surface area contributed by atoms with Crippen LogP contribution in [0.25, 0.3) is 0 Å². The number of hydrazone groups is 1. The van der Waals surface area contributed by atoms with Gasteiger partial charge in [-0.2, -0.15) is 5.10 Å². The molecular formula is C12H7Br2ClN2O2. The van der Waals surface area contributed by atoms with Crippen molar-refractivity contribution in [3.63, 3.8) is 0 Å². The maximum atomic E-state index is 11.7. The fourth-order valence-electron chi connectivity index (χ4n) is 1.28. The summed E-state index contributed by atoms with van der Waals surface area (Å²) in [6, 6.07) is 8.32. The van der Waals surface area contributed by atoms with Gasteiger partial charge in [0.1, 0.15) is 5.76 Å². The molecule has 1 aromatic carbocycles. The van der Waals surface area contributed by atoms with Crippen LogP contribution in [0.4, 0.5) is 0 Å². The SMILES string of the molecule is O=C(N/N=C\c1cc(Br)c(Br)o1)c1cccc(Cl)c1. The predicted molar refractivity (Wildman–Crippen MR) is 80.6 cm³/mol. The second-order valence-corrected chi connectivity index (χ2v) is 5.49. The minimum absolute atomic E-state index is 0.344. The average Bonchev–Trinajstić information content (AvgIpc) is 2.68. The zero-order valence-electron chi connectivity index (χ0n) is 9.36. The Kier molecular flexibility index (Phi) is 4.79. The summed E-state index contributed by atoms with van der Waals surface area (Å²) in [5.41, 5.74) is 2.82. The highest BCUT2D eigenvalue weighted by Gasteiger charge is 2.05. The molecule has 0 aliphatic rings. The van der Waals surface area contributed by atoms with Crippen LogP contribution in [0.5, 0.6) is 0 Å². The molecule has 0 unspecified atom stereocenters. The number of amides is 1. The second kappa shape index (κ2) is 6.36.